The van der Waals surface area contributed by atoms with Crippen molar-refractivity contribution >= 4 is 11.9 Å². The molecule has 0 aromatic carbocycles. The molecule has 0 heterocycles. The molecular weight excluding hydrogens is 112 g/mol. The van der Waals surface area contributed by atoms with E-state index >= 15 is 0 Å². The van der Waals surface area contributed by atoms with Gasteiger partial charge in [-0.2, -0.15) is 0 Å². The minimum Gasteiger partial charge on any atom is -0.292 e. The summed E-state index contributed by atoms with van der Waals surface area (Å²) in [4.78, 5) is 8.07. The van der Waals surface area contributed by atoms with E-state index in [0.717, 1.165) is 5.71 Å². The lowest BCUT2D eigenvalue weighted by molar-refractivity contribution is 0.842. The first-order valence-corrected chi connectivity index (χ1v) is 3.13. The Hall–Kier alpha value is -0.660. The molecule has 0 aliphatic carbocycles. The van der Waals surface area contributed by atoms with Crippen LogP contribution < -0.4 is 0 Å². The van der Waals surface area contributed by atoms with Crippen molar-refractivity contribution in [3.8, 4) is 0 Å². The van der Waals surface area contributed by atoms with Crippen molar-refractivity contribution in [3.05, 3.63) is 0 Å². The van der Waals surface area contributed by atoms with Crippen molar-refractivity contribution in [2.75, 3.05) is 7.05 Å². The Morgan fingerprint density at radius 1 is 1.44 bits per heavy atom. The van der Waals surface area contributed by atoms with Crippen molar-refractivity contribution < 1.29 is 0 Å². The summed E-state index contributed by atoms with van der Waals surface area (Å²) in [5, 5.41) is 0. The van der Waals surface area contributed by atoms with Crippen molar-refractivity contribution in [1.82, 2.24) is 0 Å². The maximum Gasteiger partial charge on any atom is 0.0492 e. The molecule has 9 heavy (non-hydrogen) atoms. The molecule has 52 valence electrons. The minimum absolute atomic E-state index is 0.377. The highest BCUT2D eigenvalue weighted by Crippen LogP contribution is 1.82. The summed E-state index contributed by atoms with van der Waals surface area (Å²) in [7, 11) is 1.77. The van der Waals surface area contributed by atoms with Crippen LogP contribution in [0, 0.1) is 0 Å². The lowest BCUT2D eigenvalue weighted by Crippen LogP contribution is -1.96. The van der Waals surface area contributed by atoms with Crippen LogP contribution in [0.2, 0.25) is 0 Å². The standard InChI is InChI=1S/C7H14N2/c1-6(2)9-5-7(3)8-4/h5-6H,1-4H3/b8-7-,9-5-. The zero-order chi connectivity index (χ0) is 7.28. The number of hydrogen-bond donors (Lipinski definition) is 0. The molecule has 0 radical (unpaired) electrons. The molecule has 2 heteroatoms. The van der Waals surface area contributed by atoms with Crippen LogP contribution >= 0.6 is 0 Å². The van der Waals surface area contributed by atoms with Gasteiger partial charge in [-0.25, -0.2) is 0 Å². The summed E-state index contributed by atoms with van der Waals surface area (Å²) in [5.74, 6) is 0. The van der Waals surface area contributed by atoms with Gasteiger partial charge in [0.05, 0.1) is 0 Å². The van der Waals surface area contributed by atoms with Gasteiger partial charge in [0, 0.05) is 25.0 Å². The highest BCUT2D eigenvalue weighted by molar-refractivity contribution is 6.29. The Morgan fingerprint density at radius 2 is 2.00 bits per heavy atom. The van der Waals surface area contributed by atoms with Crippen LogP contribution in [-0.4, -0.2) is 25.0 Å². The Bertz CT molecular complexity index is 123. The van der Waals surface area contributed by atoms with E-state index in [2.05, 4.69) is 9.98 Å². The van der Waals surface area contributed by atoms with Crippen molar-refractivity contribution in [3.63, 3.8) is 0 Å². The Balaban J connectivity index is 3.71. The molecule has 0 saturated heterocycles. The molecule has 0 aliphatic heterocycles. The second kappa shape index (κ2) is 4.24. The fourth-order valence-corrected chi connectivity index (χ4v) is 0.315. The average Bonchev–Trinajstić information content (AvgIpc) is 1.83. The molecule has 0 N–H and O–H groups in total. The van der Waals surface area contributed by atoms with Crippen molar-refractivity contribution in [1.29, 1.82) is 0 Å². The molecule has 0 amide bonds. The van der Waals surface area contributed by atoms with Crippen LogP contribution in [0.3, 0.4) is 0 Å². The second-order valence-corrected chi connectivity index (χ2v) is 2.24. The van der Waals surface area contributed by atoms with Crippen LogP contribution in [0.1, 0.15) is 20.8 Å². The first kappa shape index (κ1) is 8.34. The third-order valence-corrected chi connectivity index (χ3v) is 0.912. The molecule has 0 rings (SSSR count). The monoisotopic (exact) mass is 126 g/mol. The predicted octanol–water partition coefficient (Wildman–Crippen LogP) is 1.56. The SMILES string of the molecule is C/N=C(C)\C=N/C(C)C. The molecule has 0 atom stereocenters. The van der Waals surface area contributed by atoms with E-state index in [1.807, 2.05) is 20.8 Å². The third-order valence-electron chi connectivity index (χ3n) is 0.912. The fourth-order valence-electron chi connectivity index (χ4n) is 0.315. The maximum atomic E-state index is 4.14. The van der Waals surface area contributed by atoms with Crippen LogP contribution in [-0.2, 0) is 0 Å². The third kappa shape index (κ3) is 5.21. The molecule has 2 nitrogen and oxygen atoms in total. The van der Waals surface area contributed by atoms with Gasteiger partial charge in [0.25, 0.3) is 0 Å². The Morgan fingerprint density at radius 3 is 2.33 bits per heavy atom. The van der Waals surface area contributed by atoms with Crippen molar-refractivity contribution in [2.24, 2.45) is 9.98 Å². The number of nitrogens with zero attached hydrogens (tertiary/aromatic N) is 2. The van der Waals surface area contributed by atoms with Crippen LogP contribution in [0.25, 0.3) is 0 Å². The lowest BCUT2D eigenvalue weighted by atomic mass is 10.4. The Kier molecular flexibility index (Phi) is 3.93. The summed E-state index contributed by atoms with van der Waals surface area (Å²) in [6.07, 6.45) is 1.80. The molecule has 0 aromatic rings. The van der Waals surface area contributed by atoms with E-state index < -0.39 is 0 Å². The zero-order valence-corrected chi connectivity index (χ0v) is 6.55. The Labute approximate surface area is 56.7 Å². The van der Waals surface area contributed by atoms with Gasteiger partial charge < -0.3 is 0 Å². The highest BCUT2D eigenvalue weighted by Gasteiger charge is 1.83. The molecule has 0 bridgehead atoms. The van der Waals surface area contributed by atoms with Crippen LogP contribution in [0.15, 0.2) is 9.98 Å². The second-order valence-electron chi connectivity index (χ2n) is 2.24. The van der Waals surface area contributed by atoms with E-state index in [0.29, 0.717) is 6.04 Å². The summed E-state index contributed by atoms with van der Waals surface area (Å²) < 4.78 is 0. The molecular formula is C7H14N2. The summed E-state index contributed by atoms with van der Waals surface area (Å²) in [6, 6.07) is 0.377. The number of aliphatic imine (C=N–C) groups is 2. The van der Waals surface area contributed by atoms with Gasteiger partial charge in [0.1, 0.15) is 0 Å². The van der Waals surface area contributed by atoms with E-state index in [-0.39, 0.29) is 0 Å². The first-order chi connectivity index (χ1) is 4.16. The van der Waals surface area contributed by atoms with Gasteiger partial charge in [-0.3, -0.25) is 9.98 Å². The van der Waals surface area contributed by atoms with Gasteiger partial charge >= 0.3 is 0 Å². The quantitative estimate of drug-likeness (QED) is 0.502. The molecule has 0 aliphatic rings. The highest BCUT2D eigenvalue weighted by atomic mass is 14.8. The minimum atomic E-state index is 0.377. The largest absolute Gasteiger partial charge is 0.292 e. The molecule has 0 spiro atoms. The van der Waals surface area contributed by atoms with Gasteiger partial charge in [0.2, 0.25) is 0 Å². The maximum absolute atomic E-state index is 4.14. The lowest BCUT2D eigenvalue weighted by Gasteiger charge is -1.92. The van der Waals surface area contributed by atoms with Crippen LogP contribution in [0.5, 0.6) is 0 Å². The molecule has 0 saturated carbocycles. The van der Waals surface area contributed by atoms with Gasteiger partial charge in [-0.15, -0.1) is 0 Å². The summed E-state index contributed by atoms with van der Waals surface area (Å²) in [6.45, 7) is 6.02. The summed E-state index contributed by atoms with van der Waals surface area (Å²) >= 11 is 0. The van der Waals surface area contributed by atoms with E-state index in [1.54, 1.807) is 13.3 Å². The smallest absolute Gasteiger partial charge is 0.0492 e. The van der Waals surface area contributed by atoms with Gasteiger partial charge in [0.15, 0.2) is 0 Å². The molecule has 0 unspecified atom stereocenters. The van der Waals surface area contributed by atoms with Gasteiger partial charge in [-0.05, 0) is 20.8 Å². The van der Waals surface area contributed by atoms with Gasteiger partial charge in [-0.1, -0.05) is 0 Å². The topological polar surface area (TPSA) is 24.7 Å². The molecule has 0 fully saturated rings. The van der Waals surface area contributed by atoms with Crippen molar-refractivity contribution in [2.45, 2.75) is 26.8 Å². The predicted molar refractivity (Wildman–Crippen MR) is 42.7 cm³/mol. The fraction of sp³-hybridized carbons (Fsp3) is 0.714. The van der Waals surface area contributed by atoms with E-state index in [1.165, 1.54) is 0 Å². The molecule has 0 aromatic heterocycles. The normalized spacial score (nSPS) is 13.7. The first-order valence-electron chi connectivity index (χ1n) is 3.13. The van der Waals surface area contributed by atoms with E-state index in [9.17, 15) is 0 Å². The van der Waals surface area contributed by atoms with E-state index in [4.69, 9.17) is 0 Å². The number of hydrogen-bond acceptors (Lipinski definition) is 2. The number of rotatable bonds is 2. The zero-order valence-electron chi connectivity index (χ0n) is 6.55. The van der Waals surface area contributed by atoms with Crippen LogP contribution in [0.4, 0.5) is 0 Å². The average molecular weight is 126 g/mol. The summed E-state index contributed by atoms with van der Waals surface area (Å²) in [5.41, 5.74) is 0.976.